The molecule has 3 aliphatic rings. The first-order chi connectivity index (χ1) is 19.0. The van der Waals surface area contributed by atoms with Crippen molar-refractivity contribution in [2.45, 2.75) is 50.2 Å². The van der Waals surface area contributed by atoms with E-state index in [1.54, 1.807) is 4.90 Å². The number of likely N-dealkylation sites (tertiary alicyclic amines) is 1. The highest BCUT2D eigenvalue weighted by Gasteiger charge is 2.39. The van der Waals surface area contributed by atoms with Crippen LogP contribution in [0.25, 0.3) is 11.3 Å². The quantitative estimate of drug-likeness (QED) is 0.517. The predicted octanol–water partition coefficient (Wildman–Crippen LogP) is 3.57. The molecule has 0 aliphatic carbocycles. The van der Waals surface area contributed by atoms with Crippen LogP contribution in [0.3, 0.4) is 0 Å². The van der Waals surface area contributed by atoms with Gasteiger partial charge in [-0.2, -0.15) is 5.26 Å². The van der Waals surface area contributed by atoms with Crippen LogP contribution in [0.1, 0.15) is 52.7 Å². The second kappa shape index (κ2) is 10.1. The van der Waals surface area contributed by atoms with Crippen molar-refractivity contribution < 1.29 is 14.4 Å². The van der Waals surface area contributed by atoms with E-state index in [4.69, 9.17) is 0 Å². The second-order valence-corrected chi connectivity index (χ2v) is 10.7. The molecule has 0 spiro atoms. The van der Waals surface area contributed by atoms with Crippen LogP contribution in [0.2, 0.25) is 0 Å². The highest BCUT2D eigenvalue weighted by atomic mass is 16.2. The number of nitrogens with zero attached hydrogens (tertiary/aromatic N) is 4. The SMILES string of the molecule is N#CC1(c2ccccc2)CCN(Cc2ccnc(-c3ccc4c(c3)CN(C3CCC(=O)NC3=O)C4=O)c2)CC1. The number of nitrogens with one attached hydrogen (secondary N) is 1. The molecule has 0 bridgehead atoms. The number of hydrogen-bond acceptors (Lipinski definition) is 6. The maximum atomic E-state index is 13.0. The summed E-state index contributed by atoms with van der Waals surface area (Å²) in [6.45, 7) is 2.80. The molecule has 0 radical (unpaired) electrons. The average Bonchev–Trinajstić information content (AvgIpc) is 3.29. The fourth-order valence-electron chi connectivity index (χ4n) is 6.04. The summed E-state index contributed by atoms with van der Waals surface area (Å²) >= 11 is 0. The summed E-state index contributed by atoms with van der Waals surface area (Å²) in [5.74, 6) is -0.879. The Morgan fingerprint density at radius 2 is 1.82 bits per heavy atom. The van der Waals surface area contributed by atoms with E-state index >= 15 is 0 Å². The van der Waals surface area contributed by atoms with Gasteiger partial charge in [0, 0.05) is 49.9 Å². The third kappa shape index (κ3) is 4.70. The Hall–Kier alpha value is -4.35. The number of hydrogen-bond donors (Lipinski definition) is 1. The first kappa shape index (κ1) is 25.0. The third-order valence-electron chi connectivity index (χ3n) is 8.30. The van der Waals surface area contributed by atoms with Crippen LogP contribution >= 0.6 is 0 Å². The standard InChI is InChI=1S/C31H29N5O3/c32-20-31(24-4-2-1-3-5-24)11-14-35(15-12-31)18-21-10-13-33-26(16-21)22-6-7-25-23(17-22)19-36(30(25)39)27-8-9-28(37)34-29(27)38/h1-7,10,13,16-17,27H,8-9,11-12,14-15,18-19H2,(H,34,37,38). The van der Waals surface area contributed by atoms with E-state index in [9.17, 15) is 19.6 Å². The molecule has 39 heavy (non-hydrogen) atoms. The average molecular weight is 520 g/mol. The molecule has 6 rings (SSSR count). The molecule has 1 unspecified atom stereocenters. The maximum Gasteiger partial charge on any atom is 0.255 e. The molecule has 1 atom stereocenters. The van der Waals surface area contributed by atoms with Crippen LogP contribution < -0.4 is 5.32 Å². The van der Waals surface area contributed by atoms with Crippen LogP contribution in [0.4, 0.5) is 0 Å². The molecule has 2 saturated heterocycles. The Balaban J connectivity index is 1.14. The van der Waals surface area contributed by atoms with Crippen molar-refractivity contribution in [2.24, 2.45) is 0 Å². The van der Waals surface area contributed by atoms with Crippen molar-refractivity contribution in [1.29, 1.82) is 5.26 Å². The van der Waals surface area contributed by atoms with E-state index in [-0.39, 0.29) is 18.2 Å². The predicted molar refractivity (Wildman–Crippen MR) is 144 cm³/mol. The maximum absolute atomic E-state index is 13.0. The van der Waals surface area contributed by atoms with Gasteiger partial charge in [0.25, 0.3) is 5.91 Å². The van der Waals surface area contributed by atoms with E-state index in [0.717, 1.165) is 60.4 Å². The fraction of sp³-hybridized carbons (Fsp3) is 0.323. The number of piperidine rings is 2. The molecule has 4 heterocycles. The van der Waals surface area contributed by atoms with Gasteiger partial charge in [0.2, 0.25) is 11.8 Å². The summed E-state index contributed by atoms with van der Waals surface area (Å²) in [6.07, 6.45) is 3.99. The lowest BCUT2D eigenvalue weighted by Gasteiger charge is -2.37. The Bertz CT molecular complexity index is 1490. The van der Waals surface area contributed by atoms with Gasteiger partial charge in [-0.25, -0.2) is 0 Å². The molecule has 1 aromatic heterocycles. The summed E-state index contributed by atoms with van der Waals surface area (Å²) in [5.41, 5.74) is 5.02. The Morgan fingerprint density at radius 1 is 1.03 bits per heavy atom. The van der Waals surface area contributed by atoms with E-state index < -0.39 is 17.4 Å². The molecule has 196 valence electrons. The Labute approximate surface area is 227 Å². The first-order valence-corrected chi connectivity index (χ1v) is 13.4. The molecule has 0 saturated carbocycles. The van der Waals surface area contributed by atoms with Gasteiger partial charge in [0.1, 0.15) is 6.04 Å². The minimum Gasteiger partial charge on any atom is -0.322 e. The molecule has 8 heteroatoms. The van der Waals surface area contributed by atoms with Gasteiger partial charge in [0.05, 0.1) is 17.2 Å². The number of imide groups is 1. The van der Waals surface area contributed by atoms with Gasteiger partial charge < -0.3 is 4.90 Å². The van der Waals surface area contributed by atoms with Gasteiger partial charge >= 0.3 is 0 Å². The zero-order valence-electron chi connectivity index (χ0n) is 21.6. The number of nitriles is 1. The molecular weight excluding hydrogens is 490 g/mol. The Kier molecular flexibility index (Phi) is 6.45. The van der Waals surface area contributed by atoms with Gasteiger partial charge in [-0.1, -0.05) is 36.4 Å². The second-order valence-electron chi connectivity index (χ2n) is 10.7. The van der Waals surface area contributed by atoms with Crippen molar-refractivity contribution in [1.82, 2.24) is 20.1 Å². The van der Waals surface area contributed by atoms with Gasteiger partial charge in [-0.15, -0.1) is 0 Å². The van der Waals surface area contributed by atoms with Crippen LogP contribution in [0.5, 0.6) is 0 Å². The van der Waals surface area contributed by atoms with Gasteiger partial charge in [0.15, 0.2) is 0 Å². The van der Waals surface area contributed by atoms with Crippen molar-refractivity contribution in [3.63, 3.8) is 0 Å². The minimum atomic E-state index is -0.626. The largest absolute Gasteiger partial charge is 0.322 e. The molecule has 8 nitrogen and oxygen atoms in total. The van der Waals surface area contributed by atoms with Gasteiger partial charge in [-0.05, 0) is 60.2 Å². The number of carbonyl (C=O) groups is 3. The summed E-state index contributed by atoms with van der Waals surface area (Å²) < 4.78 is 0. The number of benzene rings is 2. The van der Waals surface area contributed by atoms with E-state index in [0.29, 0.717) is 18.5 Å². The van der Waals surface area contributed by atoms with Crippen molar-refractivity contribution in [2.75, 3.05) is 13.1 Å². The number of fused-ring (bicyclic) bond motifs is 1. The van der Waals surface area contributed by atoms with Crippen LogP contribution in [-0.2, 0) is 28.1 Å². The topological polar surface area (TPSA) is 106 Å². The van der Waals surface area contributed by atoms with E-state index in [2.05, 4.69) is 39.5 Å². The third-order valence-corrected chi connectivity index (χ3v) is 8.30. The zero-order valence-corrected chi connectivity index (χ0v) is 21.6. The smallest absolute Gasteiger partial charge is 0.255 e. The number of amides is 3. The summed E-state index contributed by atoms with van der Waals surface area (Å²) in [5, 5.41) is 12.3. The summed E-state index contributed by atoms with van der Waals surface area (Å²) in [6, 6.07) is 21.9. The lowest BCUT2D eigenvalue weighted by molar-refractivity contribution is -0.136. The Morgan fingerprint density at radius 3 is 2.56 bits per heavy atom. The van der Waals surface area contributed by atoms with Crippen molar-refractivity contribution in [3.05, 3.63) is 89.1 Å². The normalized spacial score (nSPS) is 20.8. The number of pyridine rings is 1. The van der Waals surface area contributed by atoms with Crippen molar-refractivity contribution >= 4 is 17.7 Å². The molecule has 2 fully saturated rings. The van der Waals surface area contributed by atoms with Crippen LogP contribution in [0.15, 0.2) is 66.9 Å². The van der Waals surface area contributed by atoms with E-state index in [1.165, 1.54) is 0 Å². The summed E-state index contributed by atoms with van der Waals surface area (Å²) in [4.78, 5) is 45.4. The lowest BCUT2D eigenvalue weighted by Crippen LogP contribution is -2.52. The number of aromatic nitrogens is 1. The molecule has 3 amide bonds. The number of rotatable bonds is 5. The highest BCUT2D eigenvalue weighted by Crippen LogP contribution is 2.36. The van der Waals surface area contributed by atoms with Crippen LogP contribution in [-0.4, -0.2) is 51.6 Å². The fourth-order valence-corrected chi connectivity index (χ4v) is 6.04. The number of carbonyl (C=O) groups excluding carboxylic acids is 3. The van der Waals surface area contributed by atoms with E-state index in [1.807, 2.05) is 48.7 Å². The lowest BCUT2D eigenvalue weighted by atomic mass is 9.74. The highest BCUT2D eigenvalue weighted by molar-refractivity contribution is 6.05. The first-order valence-electron chi connectivity index (χ1n) is 13.4. The molecule has 3 aliphatic heterocycles. The summed E-state index contributed by atoms with van der Waals surface area (Å²) in [7, 11) is 0. The minimum absolute atomic E-state index is 0.179. The van der Waals surface area contributed by atoms with Crippen LogP contribution in [0, 0.1) is 11.3 Å². The monoisotopic (exact) mass is 519 g/mol. The molecule has 3 aromatic rings. The molecule has 2 aromatic carbocycles. The zero-order chi connectivity index (χ0) is 27.0. The van der Waals surface area contributed by atoms with Gasteiger partial charge in [-0.3, -0.25) is 29.6 Å². The van der Waals surface area contributed by atoms with Crippen molar-refractivity contribution in [3.8, 4) is 17.3 Å². The molecular formula is C31H29N5O3. The molecule has 1 N–H and O–H groups in total.